The third kappa shape index (κ3) is 81.6. The van der Waals surface area contributed by atoms with E-state index in [-0.39, 0.29) is 19.6 Å². The molecule has 0 heterocycles. The number of azide groups is 1. The molecular weight excluding hydrogens is 1380 g/mol. The van der Waals surface area contributed by atoms with Gasteiger partial charge in [0, 0.05) is 24.4 Å². The van der Waals surface area contributed by atoms with Crippen LogP contribution in [0.2, 0.25) is 0 Å². The summed E-state index contributed by atoms with van der Waals surface area (Å²) in [6.07, 6.45) is 18.0. The lowest BCUT2D eigenvalue weighted by Gasteiger charge is -2.28. The molecule has 0 aliphatic heterocycles. The van der Waals surface area contributed by atoms with Crippen molar-refractivity contribution < 1.29 is 134 Å². The Morgan fingerprint density at radius 1 is 0.286 bits per heavy atom. The Kier molecular flexibility index (Phi) is 87.0. The zero-order valence-electron chi connectivity index (χ0n) is 64.4. The molecule has 0 aliphatic carbocycles. The summed E-state index contributed by atoms with van der Waals surface area (Å²) < 4.78 is 127. The van der Waals surface area contributed by atoms with Crippen molar-refractivity contribution in [3.05, 3.63) is 10.4 Å². The van der Waals surface area contributed by atoms with E-state index in [1.165, 1.54) is 32.1 Å². The van der Waals surface area contributed by atoms with Gasteiger partial charge in [-0.05, 0) is 24.8 Å². The fraction of sp³-hybridized carbons (Fsp3) is 0.959. The lowest BCUT2D eigenvalue weighted by Crippen LogP contribution is -2.47. The predicted octanol–water partition coefficient (Wildman–Crippen LogP) is 7.77. The Morgan fingerprint density at radius 2 is 0.476 bits per heavy atom. The number of carbonyl (C=O) groups is 3. The number of unbranched alkanes of at least 4 members (excludes halogenated alkanes) is 15. The number of carboxylic acids is 2. The van der Waals surface area contributed by atoms with Crippen LogP contribution in [0.3, 0.4) is 0 Å². The van der Waals surface area contributed by atoms with Gasteiger partial charge in [0.05, 0.1) is 304 Å². The molecule has 0 aromatic rings. The second kappa shape index (κ2) is 89.7. The van der Waals surface area contributed by atoms with E-state index in [0.717, 1.165) is 57.8 Å². The molecule has 0 saturated carbocycles. The van der Waals surface area contributed by atoms with Crippen molar-refractivity contribution >= 4 is 17.8 Å². The number of hydrogen-bond acceptors (Lipinski definition) is 27. The molecule has 0 spiro atoms. The highest BCUT2D eigenvalue weighted by molar-refractivity contribution is 6.01. The first-order valence-corrected chi connectivity index (χ1v) is 38.9. The highest BCUT2D eigenvalue weighted by Gasteiger charge is 2.44. The highest BCUT2D eigenvalue weighted by Crippen LogP contribution is 2.33. The number of hydrogen-bond donors (Lipinski definition) is 3. The highest BCUT2D eigenvalue weighted by atomic mass is 16.6. The van der Waals surface area contributed by atoms with Gasteiger partial charge in [0.15, 0.2) is 0 Å². The van der Waals surface area contributed by atoms with E-state index in [4.69, 9.17) is 120 Å². The van der Waals surface area contributed by atoms with Crippen LogP contribution in [0.25, 0.3) is 10.4 Å². The molecule has 1 amide bonds. The van der Waals surface area contributed by atoms with Gasteiger partial charge in [-0.2, -0.15) is 0 Å². The predicted molar refractivity (Wildman–Crippen MR) is 392 cm³/mol. The van der Waals surface area contributed by atoms with Crippen LogP contribution >= 0.6 is 0 Å². The van der Waals surface area contributed by atoms with E-state index in [2.05, 4.69) is 22.3 Å². The van der Waals surface area contributed by atoms with E-state index in [1.807, 2.05) is 0 Å². The van der Waals surface area contributed by atoms with E-state index in [1.54, 1.807) is 0 Å². The molecule has 3 N–H and O–H groups in total. The van der Waals surface area contributed by atoms with Crippen LogP contribution in [0.1, 0.15) is 135 Å². The minimum Gasteiger partial charge on any atom is -0.481 e. The summed E-state index contributed by atoms with van der Waals surface area (Å²) in [4.78, 5) is 39.7. The van der Waals surface area contributed by atoms with Crippen LogP contribution < -0.4 is 5.32 Å². The second-order valence-corrected chi connectivity index (χ2v) is 24.0. The van der Waals surface area contributed by atoms with Gasteiger partial charge in [-0.15, -0.1) is 0 Å². The van der Waals surface area contributed by atoms with Gasteiger partial charge in [-0.3, -0.25) is 14.4 Å². The molecule has 1 unspecified atom stereocenters. The molecule has 32 nitrogen and oxygen atoms in total. The van der Waals surface area contributed by atoms with Crippen LogP contribution in [-0.4, -0.2) is 345 Å². The van der Waals surface area contributed by atoms with E-state index < -0.39 is 23.3 Å². The van der Waals surface area contributed by atoms with Crippen molar-refractivity contribution in [3.8, 4) is 0 Å². The first-order valence-electron chi connectivity index (χ1n) is 38.9. The Hall–Kier alpha value is -3.20. The fourth-order valence-electron chi connectivity index (χ4n) is 9.66. The van der Waals surface area contributed by atoms with Crippen molar-refractivity contribution in [1.29, 1.82) is 0 Å². The maximum Gasteiger partial charge on any atom is 0.319 e. The van der Waals surface area contributed by atoms with Crippen molar-refractivity contribution in [2.75, 3.05) is 317 Å². The number of nitrogens with one attached hydrogen (secondary N) is 1. The molecule has 0 saturated heterocycles. The summed E-state index contributed by atoms with van der Waals surface area (Å²) in [5.74, 6) is -2.24. The SMILES string of the molecule is CCCCCCCCCCCC(CCCCCCCCCCC(=O)O)(C(=O)O)C(=O)NCCOCCOCCOCCOCCOCCOCCOCCOCCOCCOCCOCCOCCOCCOCCOCCOCCOCCOCCOCCOCCOCCOCCOCCN=[N+]=[N-]. The maximum atomic E-state index is 13.6. The number of aliphatic carboxylic acids is 2. The minimum absolute atomic E-state index is 0.209. The smallest absolute Gasteiger partial charge is 0.319 e. The third-order valence-electron chi connectivity index (χ3n) is 15.4. The Bertz CT molecular complexity index is 1810. The van der Waals surface area contributed by atoms with Crippen LogP contribution in [0.15, 0.2) is 5.11 Å². The topological polar surface area (TPSA) is 365 Å². The molecule has 0 aromatic heterocycles. The summed E-state index contributed by atoms with van der Waals surface area (Å²) in [6, 6.07) is 0. The summed E-state index contributed by atoms with van der Waals surface area (Å²) in [5, 5.41) is 25.5. The second-order valence-electron chi connectivity index (χ2n) is 24.0. The van der Waals surface area contributed by atoms with Crippen molar-refractivity contribution in [3.63, 3.8) is 0 Å². The third-order valence-corrected chi connectivity index (χ3v) is 15.4. The molecular formula is C73H142N4O28. The lowest BCUT2D eigenvalue weighted by molar-refractivity contribution is -0.157. The van der Waals surface area contributed by atoms with Gasteiger partial charge >= 0.3 is 11.9 Å². The van der Waals surface area contributed by atoms with Gasteiger partial charge in [0.2, 0.25) is 5.91 Å². The van der Waals surface area contributed by atoms with Gasteiger partial charge < -0.3 is 124 Å². The molecule has 0 rings (SSSR count). The van der Waals surface area contributed by atoms with E-state index in [9.17, 15) is 19.5 Å². The van der Waals surface area contributed by atoms with E-state index in [0.29, 0.717) is 336 Å². The molecule has 105 heavy (non-hydrogen) atoms. The van der Waals surface area contributed by atoms with Crippen LogP contribution in [-0.2, 0) is 123 Å². The van der Waals surface area contributed by atoms with Gasteiger partial charge in [0.25, 0.3) is 0 Å². The molecule has 1 atom stereocenters. The van der Waals surface area contributed by atoms with Gasteiger partial charge in [-0.25, -0.2) is 0 Å². The zero-order chi connectivity index (χ0) is 75.7. The van der Waals surface area contributed by atoms with Crippen molar-refractivity contribution in [2.24, 2.45) is 10.5 Å². The maximum absolute atomic E-state index is 13.6. The Balaban J connectivity index is 3.43. The van der Waals surface area contributed by atoms with Crippen LogP contribution in [0.5, 0.6) is 0 Å². The standard InChI is InChI=1S/C73H142N4O28/c1-2-3-4-5-6-8-11-14-17-20-73(72(81)82,21-18-15-12-9-7-10-13-16-19-70(78)79)71(80)75-22-24-83-26-28-85-30-32-87-34-36-89-38-40-91-42-44-93-46-48-95-50-52-97-54-56-99-58-60-101-62-64-103-66-68-105-69-67-104-65-63-102-61-59-100-57-55-98-53-51-96-49-47-94-45-43-92-41-39-90-37-35-88-33-31-86-29-27-84-25-23-76-77-74/h2-69H2,1H3,(H,75,80)(H,78,79)(H,81,82). The molecule has 32 heteroatoms. The average molecular weight is 1520 g/mol. The van der Waals surface area contributed by atoms with Crippen molar-refractivity contribution in [2.45, 2.75) is 135 Å². The van der Waals surface area contributed by atoms with E-state index >= 15 is 0 Å². The number of ether oxygens (including phenoxy) is 23. The minimum atomic E-state index is -1.46. The first kappa shape index (κ1) is 102. The fourth-order valence-corrected chi connectivity index (χ4v) is 9.66. The molecule has 0 aliphatic rings. The molecule has 0 bridgehead atoms. The van der Waals surface area contributed by atoms with Gasteiger partial charge in [0.1, 0.15) is 5.41 Å². The average Bonchev–Trinajstić information content (AvgIpc) is 0.822. The monoisotopic (exact) mass is 1520 g/mol. The summed E-state index contributed by atoms with van der Waals surface area (Å²) in [7, 11) is 0. The van der Waals surface area contributed by atoms with Gasteiger partial charge in [-0.1, -0.05) is 115 Å². The first-order chi connectivity index (χ1) is 51.9. The largest absolute Gasteiger partial charge is 0.481 e. The molecule has 0 fully saturated rings. The number of nitrogens with zero attached hydrogens (tertiary/aromatic N) is 3. The summed E-state index contributed by atoms with van der Waals surface area (Å²) in [5.41, 5.74) is 6.73. The quantitative estimate of drug-likeness (QED) is 0.0172. The van der Waals surface area contributed by atoms with Crippen molar-refractivity contribution in [1.82, 2.24) is 5.32 Å². The normalized spacial score (nSPS) is 12.2. The molecule has 622 valence electrons. The molecule has 0 aromatic carbocycles. The Morgan fingerprint density at radius 3 is 0.676 bits per heavy atom. The Labute approximate surface area is 627 Å². The number of carbonyl (C=O) groups excluding carboxylic acids is 1. The number of rotatable bonds is 95. The summed E-state index contributed by atoms with van der Waals surface area (Å²) in [6.45, 7) is 23.6. The lowest BCUT2D eigenvalue weighted by atomic mass is 9.76. The zero-order valence-corrected chi connectivity index (χ0v) is 64.4. The van der Waals surface area contributed by atoms with Crippen LogP contribution in [0.4, 0.5) is 0 Å². The number of carboxylic acid groups (broad SMARTS) is 2. The molecule has 0 radical (unpaired) electrons. The summed E-state index contributed by atoms with van der Waals surface area (Å²) >= 11 is 0. The number of amides is 1. The van der Waals surface area contributed by atoms with Crippen LogP contribution in [0, 0.1) is 5.41 Å².